The molecule has 1 aromatic carbocycles. The monoisotopic (exact) mass is 292 g/mol. The van der Waals surface area contributed by atoms with Gasteiger partial charge in [0.25, 0.3) is 0 Å². The summed E-state index contributed by atoms with van der Waals surface area (Å²) in [5, 5.41) is 0. The van der Waals surface area contributed by atoms with Gasteiger partial charge in [-0.25, -0.2) is 0 Å². The van der Waals surface area contributed by atoms with Gasteiger partial charge in [-0.05, 0) is 50.0 Å². The fourth-order valence-electron chi connectivity index (χ4n) is 2.67. The second kappa shape index (κ2) is 9.03. The number of hydrogen-bond donors (Lipinski definition) is 1. The van der Waals surface area contributed by atoms with Gasteiger partial charge in [-0.15, -0.1) is 0 Å². The lowest BCUT2D eigenvalue weighted by Crippen LogP contribution is -2.35. The Kier molecular flexibility index (Phi) is 7.00. The van der Waals surface area contributed by atoms with Crippen LogP contribution in [0.15, 0.2) is 24.3 Å². The van der Waals surface area contributed by atoms with Crippen molar-refractivity contribution in [1.29, 1.82) is 0 Å². The highest BCUT2D eigenvalue weighted by atomic mass is 16.5. The SMILES string of the molecule is CCN(CCOc1ccc(CCN)cc1)CC1CCCO1. The quantitative estimate of drug-likeness (QED) is 0.757. The summed E-state index contributed by atoms with van der Waals surface area (Å²) in [6.45, 7) is 7.53. The molecule has 0 aliphatic carbocycles. The molecule has 1 unspecified atom stereocenters. The Morgan fingerprint density at radius 2 is 2.14 bits per heavy atom. The Bertz CT molecular complexity index is 388. The third kappa shape index (κ3) is 5.65. The summed E-state index contributed by atoms with van der Waals surface area (Å²) in [5.74, 6) is 0.934. The molecule has 1 aromatic rings. The number of nitrogens with zero attached hydrogens (tertiary/aromatic N) is 1. The Morgan fingerprint density at radius 3 is 2.76 bits per heavy atom. The Morgan fingerprint density at radius 1 is 1.33 bits per heavy atom. The van der Waals surface area contributed by atoms with Gasteiger partial charge >= 0.3 is 0 Å². The second-order valence-electron chi connectivity index (χ2n) is 5.56. The summed E-state index contributed by atoms with van der Waals surface area (Å²) >= 11 is 0. The average Bonchev–Trinajstić information content (AvgIpc) is 3.01. The number of ether oxygens (including phenoxy) is 2. The molecule has 1 atom stereocenters. The van der Waals surface area contributed by atoms with Gasteiger partial charge in [-0.3, -0.25) is 4.90 Å². The second-order valence-corrected chi connectivity index (χ2v) is 5.56. The summed E-state index contributed by atoms with van der Waals surface area (Å²) in [6.07, 6.45) is 3.74. The van der Waals surface area contributed by atoms with Gasteiger partial charge in [0.2, 0.25) is 0 Å². The summed E-state index contributed by atoms with van der Waals surface area (Å²) < 4.78 is 11.5. The molecule has 0 spiro atoms. The first-order valence-electron chi connectivity index (χ1n) is 8.07. The molecule has 2 N–H and O–H groups in total. The fraction of sp³-hybridized carbons (Fsp3) is 0.647. The zero-order chi connectivity index (χ0) is 14.9. The van der Waals surface area contributed by atoms with Crippen LogP contribution in [0, 0.1) is 0 Å². The van der Waals surface area contributed by atoms with Crippen LogP contribution in [-0.2, 0) is 11.2 Å². The van der Waals surface area contributed by atoms with Crippen molar-refractivity contribution < 1.29 is 9.47 Å². The molecule has 1 heterocycles. The molecule has 118 valence electrons. The molecule has 0 radical (unpaired) electrons. The third-order valence-corrected chi connectivity index (χ3v) is 3.97. The molecule has 0 amide bonds. The van der Waals surface area contributed by atoms with E-state index >= 15 is 0 Å². The van der Waals surface area contributed by atoms with Crippen LogP contribution >= 0.6 is 0 Å². The molecule has 2 rings (SSSR count). The van der Waals surface area contributed by atoms with E-state index in [9.17, 15) is 0 Å². The highest BCUT2D eigenvalue weighted by molar-refractivity contribution is 5.27. The van der Waals surface area contributed by atoms with Crippen molar-refractivity contribution in [2.75, 3.05) is 39.4 Å². The molecule has 1 aliphatic heterocycles. The first-order chi connectivity index (χ1) is 10.3. The fourth-order valence-corrected chi connectivity index (χ4v) is 2.67. The molecule has 0 bridgehead atoms. The molecular weight excluding hydrogens is 264 g/mol. The van der Waals surface area contributed by atoms with E-state index in [0.717, 1.165) is 45.0 Å². The van der Waals surface area contributed by atoms with Crippen molar-refractivity contribution in [3.63, 3.8) is 0 Å². The minimum absolute atomic E-state index is 0.417. The summed E-state index contributed by atoms with van der Waals surface area (Å²) in [5.41, 5.74) is 6.81. The van der Waals surface area contributed by atoms with Gasteiger partial charge in [0.05, 0.1) is 6.10 Å². The van der Waals surface area contributed by atoms with E-state index in [1.807, 2.05) is 12.1 Å². The standard InChI is InChI=1S/C17H28N2O2/c1-2-19(14-17-4-3-12-20-17)11-13-21-16-7-5-15(6-8-16)9-10-18/h5-8,17H,2-4,9-14,18H2,1H3. The van der Waals surface area contributed by atoms with Crippen LogP contribution < -0.4 is 10.5 Å². The first kappa shape index (κ1) is 16.3. The van der Waals surface area contributed by atoms with Crippen LogP contribution in [0.25, 0.3) is 0 Å². The molecule has 1 fully saturated rings. The van der Waals surface area contributed by atoms with E-state index in [1.54, 1.807) is 0 Å². The predicted octanol–water partition coefficient (Wildman–Crippen LogP) is 2.07. The summed E-state index contributed by atoms with van der Waals surface area (Å²) in [4.78, 5) is 2.40. The Hall–Kier alpha value is -1.10. The Labute approximate surface area is 128 Å². The predicted molar refractivity (Wildman–Crippen MR) is 85.8 cm³/mol. The van der Waals surface area contributed by atoms with E-state index in [0.29, 0.717) is 12.6 Å². The van der Waals surface area contributed by atoms with Crippen LogP contribution in [0.1, 0.15) is 25.3 Å². The molecule has 1 saturated heterocycles. The average molecular weight is 292 g/mol. The molecular formula is C17H28N2O2. The van der Waals surface area contributed by atoms with Crippen molar-refractivity contribution in [2.45, 2.75) is 32.3 Å². The molecule has 21 heavy (non-hydrogen) atoms. The number of benzene rings is 1. The van der Waals surface area contributed by atoms with Crippen molar-refractivity contribution in [3.8, 4) is 5.75 Å². The van der Waals surface area contributed by atoms with Gasteiger partial charge in [-0.1, -0.05) is 19.1 Å². The summed E-state index contributed by atoms with van der Waals surface area (Å²) in [6, 6.07) is 8.24. The van der Waals surface area contributed by atoms with Crippen molar-refractivity contribution in [1.82, 2.24) is 4.90 Å². The number of hydrogen-bond acceptors (Lipinski definition) is 4. The topological polar surface area (TPSA) is 47.7 Å². The van der Waals surface area contributed by atoms with Gasteiger partial charge in [0, 0.05) is 19.7 Å². The number of nitrogens with two attached hydrogens (primary N) is 1. The van der Waals surface area contributed by atoms with Gasteiger partial charge in [0.15, 0.2) is 0 Å². The highest BCUT2D eigenvalue weighted by Gasteiger charge is 2.18. The van der Waals surface area contributed by atoms with Crippen LogP contribution in [0.4, 0.5) is 0 Å². The lowest BCUT2D eigenvalue weighted by Gasteiger charge is -2.23. The van der Waals surface area contributed by atoms with Crippen LogP contribution in [0.3, 0.4) is 0 Å². The minimum Gasteiger partial charge on any atom is -0.492 e. The van der Waals surface area contributed by atoms with Crippen molar-refractivity contribution in [3.05, 3.63) is 29.8 Å². The lowest BCUT2D eigenvalue weighted by molar-refractivity contribution is 0.0701. The minimum atomic E-state index is 0.417. The number of rotatable bonds is 9. The maximum atomic E-state index is 5.82. The van der Waals surface area contributed by atoms with E-state index in [2.05, 4.69) is 24.0 Å². The molecule has 0 aromatic heterocycles. The number of likely N-dealkylation sites (N-methyl/N-ethyl adjacent to an activating group) is 1. The summed E-state index contributed by atoms with van der Waals surface area (Å²) in [7, 11) is 0. The van der Waals surface area contributed by atoms with Crippen LogP contribution in [0.2, 0.25) is 0 Å². The van der Waals surface area contributed by atoms with E-state index in [-0.39, 0.29) is 0 Å². The lowest BCUT2D eigenvalue weighted by atomic mass is 10.1. The maximum absolute atomic E-state index is 5.82. The van der Waals surface area contributed by atoms with E-state index in [4.69, 9.17) is 15.2 Å². The van der Waals surface area contributed by atoms with Crippen molar-refractivity contribution >= 4 is 0 Å². The third-order valence-electron chi connectivity index (χ3n) is 3.97. The zero-order valence-corrected chi connectivity index (χ0v) is 13.1. The largest absolute Gasteiger partial charge is 0.492 e. The molecule has 4 heteroatoms. The van der Waals surface area contributed by atoms with Crippen LogP contribution in [0.5, 0.6) is 5.75 Å². The normalized spacial score (nSPS) is 18.3. The van der Waals surface area contributed by atoms with Crippen molar-refractivity contribution in [2.24, 2.45) is 5.73 Å². The van der Waals surface area contributed by atoms with Gasteiger partial charge in [0.1, 0.15) is 12.4 Å². The molecule has 1 aliphatic rings. The molecule has 0 saturated carbocycles. The smallest absolute Gasteiger partial charge is 0.119 e. The first-order valence-corrected chi connectivity index (χ1v) is 8.07. The molecule has 4 nitrogen and oxygen atoms in total. The zero-order valence-electron chi connectivity index (χ0n) is 13.1. The van der Waals surface area contributed by atoms with E-state index in [1.165, 1.54) is 18.4 Å². The maximum Gasteiger partial charge on any atom is 0.119 e. The van der Waals surface area contributed by atoms with Gasteiger partial charge in [-0.2, -0.15) is 0 Å². The highest BCUT2D eigenvalue weighted by Crippen LogP contribution is 2.14. The van der Waals surface area contributed by atoms with Crippen LogP contribution in [-0.4, -0.2) is 50.4 Å². The van der Waals surface area contributed by atoms with E-state index < -0.39 is 0 Å². The Balaban J connectivity index is 1.68. The van der Waals surface area contributed by atoms with Gasteiger partial charge < -0.3 is 15.2 Å².